The zero-order valence-corrected chi connectivity index (χ0v) is 7.23. The van der Waals surface area contributed by atoms with Gasteiger partial charge in [0.2, 0.25) is 0 Å². The van der Waals surface area contributed by atoms with Gasteiger partial charge in [-0.25, -0.2) is 0 Å². The third-order valence-electron chi connectivity index (χ3n) is 2.42. The molecule has 0 aromatic heterocycles. The van der Waals surface area contributed by atoms with Crippen LogP contribution in [-0.4, -0.2) is 0 Å². The van der Waals surface area contributed by atoms with Crippen LogP contribution >= 0.6 is 0 Å². The lowest BCUT2D eigenvalue weighted by molar-refractivity contribution is 0.336. The van der Waals surface area contributed by atoms with Crippen molar-refractivity contribution >= 4 is 0 Å². The molecule has 0 saturated heterocycles. The maximum Gasteiger partial charge on any atom is -0.0414 e. The number of hydrogen-bond acceptors (Lipinski definition) is 1. The quantitative estimate of drug-likeness (QED) is 0.630. The van der Waals surface area contributed by atoms with Gasteiger partial charge in [-0.15, -0.1) is 0 Å². The molecular formula is C9H21N. The molecule has 1 heteroatoms. The Morgan fingerprint density at radius 2 is 1.70 bits per heavy atom. The molecule has 0 aromatic carbocycles. The maximum atomic E-state index is 2.30. The fraction of sp³-hybridized carbons (Fsp3) is 1.00. The highest BCUT2D eigenvalue weighted by Gasteiger charge is 2.10. The van der Waals surface area contributed by atoms with Gasteiger partial charge in [0.1, 0.15) is 0 Å². The summed E-state index contributed by atoms with van der Waals surface area (Å²) in [7, 11) is 0. The molecule has 0 atom stereocenters. The van der Waals surface area contributed by atoms with Gasteiger partial charge in [0.25, 0.3) is 0 Å². The van der Waals surface area contributed by atoms with Crippen LogP contribution in [0.2, 0.25) is 0 Å². The van der Waals surface area contributed by atoms with Crippen LogP contribution in [0, 0.1) is 5.92 Å². The molecule has 1 nitrogen and oxygen atoms in total. The minimum absolute atomic E-state index is 0. The second-order valence-corrected chi connectivity index (χ2v) is 3.29. The Balaban J connectivity index is 0.000000810. The summed E-state index contributed by atoms with van der Waals surface area (Å²) >= 11 is 0. The molecule has 0 heterocycles. The van der Waals surface area contributed by atoms with E-state index in [1.165, 1.54) is 44.9 Å². The molecule has 0 radical (unpaired) electrons. The standard InChI is InChI=1S/C9H18.H3N/c1-2-6-9-7-4-3-5-8-9;/h9H,2-8H2,1H3;1H3. The molecule has 0 spiro atoms. The summed E-state index contributed by atoms with van der Waals surface area (Å²) in [4.78, 5) is 0. The fourth-order valence-corrected chi connectivity index (χ4v) is 1.88. The SMILES string of the molecule is CCCC1CCCCC1.N. The van der Waals surface area contributed by atoms with Gasteiger partial charge in [-0.05, 0) is 5.92 Å². The molecule has 0 bridgehead atoms. The summed E-state index contributed by atoms with van der Waals surface area (Å²) < 4.78 is 0. The van der Waals surface area contributed by atoms with Crippen molar-refractivity contribution in [2.24, 2.45) is 5.92 Å². The van der Waals surface area contributed by atoms with Crippen LogP contribution in [0.5, 0.6) is 0 Å². The average Bonchev–Trinajstić information content (AvgIpc) is 1.91. The zero-order chi connectivity index (χ0) is 6.53. The van der Waals surface area contributed by atoms with E-state index in [0.29, 0.717) is 0 Å². The molecule has 1 saturated carbocycles. The van der Waals surface area contributed by atoms with Crippen molar-refractivity contribution in [2.45, 2.75) is 51.9 Å². The molecule has 1 rings (SSSR count). The van der Waals surface area contributed by atoms with E-state index in [9.17, 15) is 0 Å². The first-order valence-electron chi connectivity index (χ1n) is 4.43. The van der Waals surface area contributed by atoms with Crippen LogP contribution in [-0.2, 0) is 0 Å². The molecule has 1 fully saturated rings. The molecule has 1 aliphatic rings. The minimum Gasteiger partial charge on any atom is -0.344 e. The Hall–Kier alpha value is -0.0400. The highest BCUT2D eigenvalue weighted by atomic mass is 14.2. The van der Waals surface area contributed by atoms with Crippen molar-refractivity contribution in [1.29, 1.82) is 0 Å². The molecular weight excluding hydrogens is 122 g/mol. The first-order valence-corrected chi connectivity index (χ1v) is 4.43. The van der Waals surface area contributed by atoms with Gasteiger partial charge in [-0.1, -0.05) is 51.9 Å². The van der Waals surface area contributed by atoms with E-state index >= 15 is 0 Å². The lowest BCUT2D eigenvalue weighted by Gasteiger charge is -2.20. The van der Waals surface area contributed by atoms with Gasteiger partial charge in [-0.3, -0.25) is 0 Å². The van der Waals surface area contributed by atoms with Gasteiger partial charge in [-0.2, -0.15) is 0 Å². The van der Waals surface area contributed by atoms with Gasteiger partial charge in [0, 0.05) is 0 Å². The van der Waals surface area contributed by atoms with Gasteiger partial charge >= 0.3 is 0 Å². The molecule has 3 N–H and O–H groups in total. The predicted molar refractivity (Wildman–Crippen MR) is 46.5 cm³/mol. The Morgan fingerprint density at radius 3 is 2.20 bits per heavy atom. The van der Waals surface area contributed by atoms with Gasteiger partial charge in [0.05, 0.1) is 0 Å². The monoisotopic (exact) mass is 143 g/mol. The van der Waals surface area contributed by atoms with E-state index in [-0.39, 0.29) is 6.15 Å². The molecule has 0 amide bonds. The first kappa shape index (κ1) is 9.96. The fourth-order valence-electron chi connectivity index (χ4n) is 1.88. The van der Waals surface area contributed by atoms with E-state index in [4.69, 9.17) is 0 Å². The molecule has 0 aromatic rings. The van der Waals surface area contributed by atoms with Crippen molar-refractivity contribution in [3.05, 3.63) is 0 Å². The summed E-state index contributed by atoms with van der Waals surface area (Å²) in [5.74, 6) is 1.10. The van der Waals surface area contributed by atoms with E-state index < -0.39 is 0 Å². The highest BCUT2D eigenvalue weighted by molar-refractivity contribution is 4.64. The van der Waals surface area contributed by atoms with E-state index in [2.05, 4.69) is 6.92 Å². The molecule has 0 aliphatic heterocycles. The maximum absolute atomic E-state index is 2.30. The molecule has 1 aliphatic carbocycles. The van der Waals surface area contributed by atoms with Crippen LogP contribution in [0.3, 0.4) is 0 Å². The Kier molecular flexibility index (Phi) is 5.70. The summed E-state index contributed by atoms with van der Waals surface area (Å²) in [5.41, 5.74) is 0. The third kappa shape index (κ3) is 3.21. The second-order valence-electron chi connectivity index (χ2n) is 3.29. The van der Waals surface area contributed by atoms with E-state index in [1.54, 1.807) is 0 Å². The second kappa shape index (κ2) is 5.72. The topological polar surface area (TPSA) is 35.0 Å². The third-order valence-corrected chi connectivity index (χ3v) is 2.42. The van der Waals surface area contributed by atoms with E-state index in [0.717, 1.165) is 5.92 Å². The van der Waals surface area contributed by atoms with Crippen molar-refractivity contribution in [1.82, 2.24) is 6.15 Å². The van der Waals surface area contributed by atoms with Crippen LogP contribution in [0.4, 0.5) is 0 Å². The smallest absolute Gasteiger partial charge is 0.0414 e. The van der Waals surface area contributed by atoms with Crippen molar-refractivity contribution in [3.8, 4) is 0 Å². The minimum atomic E-state index is 0. The summed E-state index contributed by atoms with van der Waals surface area (Å²) in [6.07, 6.45) is 10.4. The van der Waals surface area contributed by atoms with Crippen molar-refractivity contribution in [3.63, 3.8) is 0 Å². The lowest BCUT2D eigenvalue weighted by Crippen LogP contribution is -2.04. The Labute approximate surface area is 64.8 Å². The summed E-state index contributed by atoms with van der Waals surface area (Å²) in [6.45, 7) is 2.30. The first-order chi connectivity index (χ1) is 4.43. The Morgan fingerprint density at radius 1 is 1.10 bits per heavy atom. The molecule has 10 heavy (non-hydrogen) atoms. The largest absolute Gasteiger partial charge is 0.344 e. The number of hydrogen-bond donors (Lipinski definition) is 1. The van der Waals surface area contributed by atoms with Crippen LogP contribution < -0.4 is 6.15 Å². The van der Waals surface area contributed by atoms with Crippen molar-refractivity contribution < 1.29 is 0 Å². The zero-order valence-electron chi connectivity index (χ0n) is 7.23. The van der Waals surface area contributed by atoms with Crippen LogP contribution in [0.1, 0.15) is 51.9 Å². The summed E-state index contributed by atoms with van der Waals surface area (Å²) in [5, 5.41) is 0. The normalized spacial score (nSPS) is 20.1. The molecule has 0 unspecified atom stereocenters. The van der Waals surface area contributed by atoms with Gasteiger partial charge in [0.15, 0.2) is 0 Å². The number of rotatable bonds is 2. The van der Waals surface area contributed by atoms with Crippen LogP contribution in [0.15, 0.2) is 0 Å². The Bertz CT molecular complexity index is 62.4. The lowest BCUT2D eigenvalue weighted by atomic mass is 9.86. The van der Waals surface area contributed by atoms with E-state index in [1.807, 2.05) is 0 Å². The van der Waals surface area contributed by atoms with Crippen LogP contribution in [0.25, 0.3) is 0 Å². The highest BCUT2D eigenvalue weighted by Crippen LogP contribution is 2.26. The molecule has 62 valence electrons. The summed E-state index contributed by atoms with van der Waals surface area (Å²) in [6, 6.07) is 0. The van der Waals surface area contributed by atoms with Gasteiger partial charge < -0.3 is 6.15 Å². The average molecular weight is 143 g/mol. The predicted octanol–water partition coefficient (Wildman–Crippen LogP) is 3.53. The van der Waals surface area contributed by atoms with Crippen molar-refractivity contribution in [2.75, 3.05) is 0 Å².